The van der Waals surface area contributed by atoms with Gasteiger partial charge >= 0.3 is 0 Å². The van der Waals surface area contributed by atoms with Gasteiger partial charge in [-0.2, -0.15) is 0 Å². The molecule has 1 saturated heterocycles. The van der Waals surface area contributed by atoms with Crippen LogP contribution in [0.3, 0.4) is 0 Å². The number of nitrogens with zero attached hydrogens (tertiary/aromatic N) is 1. The molecule has 0 saturated carbocycles. The highest BCUT2D eigenvalue weighted by Crippen LogP contribution is 2.16. The third kappa shape index (κ3) is 3.47. The number of hydrogen-bond acceptors (Lipinski definition) is 3. The first kappa shape index (κ1) is 13.4. The van der Waals surface area contributed by atoms with Gasteiger partial charge in [0.2, 0.25) is 0 Å². The zero-order chi connectivity index (χ0) is 13.0. The first-order valence-corrected chi connectivity index (χ1v) is 6.67. The predicted molar refractivity (Wildman–Crippen MR) is 73.1 cm³/mol. The summed E-state index contributed by atoms with van der Waals surface area (Å²) in [4.78, 5) is 2.48. The van der Waals surface area contributed by atoms with Gasteiger partial charge in [-0.25, -0.2) is 0 Å². The number of hydrogen-bond donors (Lipinski definition) is 0. The van der Waals surface area contributed by atoms with Crippen molar-refractivity contribution in [2.24, 2.45) is 0 Å². The monoisotopic (exact) mass is 249 g/mol. The summed E-state index contributed by atoms with van der Waals surface area (Å²) in [5, 5.41) is 0. The number of rotatable bonds is 4. The van der Waals surface area contributed by atoms with E-state index in [1.54, 1.807) is 7.11 Å². The van der Waals surface area contributed by atoms with Gasteiger partial charge in [0, 0.05) is 19.1 Å². The lowest BCUT2D eigenvalue weighted by Crippen LogP contribution is -2.46. The van der Waals surface area contributed by atoms with Crippen LogP contribution in [0.1, 0.15) is 19.4 Å². The summed E-state index contributed by atoms with van der Waals surface area (Å²) in [6.07, 6.45) is 1.29. The largest absolute Gasteiger partial charge is 0.497 e. The second-order valence-corrected chi connectivity index (χ2v) is 5.13. The van der Waals surface area contributed by atoms with Gasteiger partial charge in [0.1, 0.15) is 5.75 Å². The Bertz CT molecular complexity index is 361. The standard InChI is InChI=1S/C15H23NO2/c1-12(2)16-8-9-18-15(11-16)10-13-4-6-14(17-3)7-5-13/h4-7,12,15H,8-11H2,1-3H3/t15-/m1/s1. The van der Waals surface area contributed by atoms with Crippen LogP contribution in [0, 0.1) is 0 Å². The highest BCUT2D eigenvalue weighted by Gasteiger charge is 2.22. The van der Waals surface area contributed by atoms with Crippen molar-refractivity contribution in [3.8, 4) is 5.75 Å². The predicted octanol–water partition coefficient (Wildman–Crippen LogP) is 2.35. The van der Waals surface area contributed by atoms with Gasteiger partial charge in [-0.15, -0.1) is 0 Å². The number of methoxy groups -OCH3 is 1. The van der Waals surface area contributed by atoms with Gasteiger partial charge in [-0.1, -0.05) is 12.1 Å². The minimum atomic E-state index is 0.314. The lowest BCUT2D eigenvalue weighted by Gasteiger charge is -2.35. The van der Waals surface area contributed by atoms with Crippen molar-refractivity contribution in [1.29, 1.82) is 0 Å². The number of morpholine rings is 1. The molecule has 0 aliphatic carbocycles. The minimum absolute atomic E-state index is 0.314. The van der Waals surface area contributed by atoms with Crippen molar-refractivity contribution < 1.29 is 9.47 Å². The fourth-order valence-electron chi connectivity index (χ4n) is 2.36. The number of benzene rings is 1. The van der Waals surface area contributed by atoms with E-state index in [2.05, 4.69) is 30.9 Å². The van der Waals surface area contributed by atoms with Crippen LogP contribution in [0.2, 0.25) is 0 Å². The Morgan fingerprint density at radius 2 is 2.06 bits per heavy atom. The third-order valence-electron chi connectivity index (χ3n) is 3.52. The van der Waals surface area contributed by atoms with Crippen molar-refractivity contribution in [3.63, 3.8) is 0 Å². The van der Waals surface area contributed by atoms with Gasteiger partial charge in [0.15, 0.2) is 0 Å². The molecule has 1 aromatic carbocycles. The summed E-state index contributed by atoms with van der Waals surface area (Å²) in [5.74, 6) is 0.909. The molecule has 1 atom stereocenters. The fourth-order valence-corrected chi connectivity index (χ4v) is 2.36. The summed E-state index contributed by atoms with van der Waals surface area (Å²) >= 11 is 0. The molecular weight excluding hydrogens is 226 g/mol. The molecule has 3 heteroatoms. The minimum Gasteiger partial charge on any atom is -0.497 e. The average molecular weight is 249 g/mol. The molecule has 0 aromatic heterocycles. The first-order valence-electron chi connectivity index (χ1n) is 6.67. The van der Waals surface area contributed by atoms with E-state index < -0.39 is 0 Å². The van der Waals surface area contributed by atoms with Crippen LogP contribution >= 0.6 is 0 Å². The molecule has 3 nitrogen and oxygen atoms in total. The van der Waals surface area contributed by atoms with Crippen molar-refractivity contribution in [1.82, 2.24) is 4.90 Å². The van der Waals surface area contributed by atoms with E-state index in [0.717, 1.165) is 31.9 Å². The van der Waals surface area contributed by atoms with Gasteiger partial charge < -0.3 is 9.47 Å². The normalized spacial score (nSPS) is 21.2. The maximum Gasteiger partial charge on any atom is 0.118 e. The molecular formula is C15H23NO2. The molecule has 18 heavy (non-hydrogen) atoms. The van der Waals surface area contributed by atoms with Gasteiger partial charge in [0.25, 0.3) is 0 Å². The molecule has 0 bridgehead atoms. The summed E-state index contributed by atoms with van der Waals surface area (Å²) < 4.78 is 11.0. The molecule has 1 aliphatic rings. The Kier molecular flexibility index (Phi) is 4.61. The SMILES string of the molecule is COc1ccc(C[C@@H]2CN(C(C)C)CCO2)cc1. The van der Waals surface area contributed by atoms with Crippen LogP contribution in [-0.4, -0.2) is 43.9 Å². The third-order valence-corrected chi connectivity index (χ3v) is 3.52. The first-order chi connectivity index (χ1) is 8.69. The molecule has 0 radical (unpaired) electrons. The molecule has 2 rings (SSSR count). The highest BCUT2D eigenvalue weighted by atomic mass is 16.5. The Morgan fingerprint density at radius 3 is 2.67 bits per heavy atom. The number of ether oxygens (including phenoxy) is 2. The van der Waals surface area contributed by atoms with Crippen molar-refractivity contribution in [3.05, 3.63) is 29.8 Å². The summed E-state index contributed by atoms with van der Waals surface area (Å²) in [6.45, 7) is 7.42. The van der Waals surface area contributed by atoms with Gasteiger partial charge in [-0.3, -0.25) is 4.90 Å². The summed E-state index contributed by atoms with van der Waals surface area (Å²) in [5.41, 5.74) is 1.31. The second-order valence-electron chi connectivity index (χ2n) is 5.13. The lowest BCUT2D eigenvalue weighted by molar-refractivity contribution is -0.0377. The quantitative estimate of drug-likeness (QED) is 0.817. The highest BCUT2D eigenvalue weighted by molar-refractivity contribution is 5.27. The van der Waals surface area contributed by atoms with E-state index in [-0.39, 0.29) is 0 Å². The Labute approximate surface area is 110 Å². The summed E-state index contributed by atoms with van der Waals surface area (Å²) in [6, 6.07) is 8.87. The molecule has 1 aliphatic heterocycles. The summed E-state index contributed by atoms with van der Waals surface area (Å²) in [7, 11) is 1.69. The molecule has 0 N–H and O–H groups in total. The van der Waals surface area contributed by atoms with Crippen LogP contribution in [0.4, 0.5) is 0 Å². The Balaban J connectivity index is 1.91. The molecule has 100 valence electrons. The van der Waals surface area contributed by atoms with Crippen molar-refractivity contribution >= 4 is 0 Å². The maximum atomic E-state index is 5.85. The lowest BCUT2D eigenvalue weighted by atomic mass is 10.1. The Morgan fingerprint density at radius 1 is 1.33 bits per heavy atom. The van der Waals surface area contributed by atoms with Gasteiger partial charge in [-0.05, 0) is 38.0 Å². The molecule has 1 aromatic rings. The van der Waals surface area contributed by atoms with Gasteiger partial charge in [0.05, 0.1) is 19.8 Å². The zero-order valence-corrected chi connectivity index (χ0v) is 11.6. The molecule has 0 amide bonds. The van der Waals surface area contributed by atoms with E-state index in [4.69, 9.17) is 9.47 Å². The van der Waals surface area contributed by atoms with Crippen molar-refractivity contribution in [2.75, 3.05) is 26.8 Å². The molecule has 0 spiro atoms. The van der Waals surface area contributed by atoms with E-state index in [1.165, 1.54) is 5.56 Å². The van der Waals surface area contributed by atoms with Crippen LogP contribution in [-0.2, 0) is 11.2 Å². The average Bonchev–Trinajstić information content (AvgIpc) is 2.40. The smallest absolute Gasteiger partial charge is 0.118 e. The Hall–Kier alpha value is -1.06. The fraction of sp³-hybridized carbons (Fsp3) is 0.600. The molecule has 1 heterocycles. The van der Waals surface area contributed by atoms with E-state index in [1.807, 2.05) is 12.1 Å². The van der Waals surface area contributed by atoms with Crippen LogP contribution in [0.25, 0.3) is 0 Å². The molecule has 1 fully saturated rings. The zero-order valence-electron chi connectivity index (χ0n) is 11.6. The van der Waals surface area contributed by atoms with Crippen LogP contribution in [0.5, 0.6) is 5.75 Å². The van der Waals surface area contributed by atoms with E-state index in [0.29, 0.717) is 12.1 Å². The topological polar surface area (TPSA) is 21.7 Å². The van der Waals surface area contributed by atoms with Crippen LogP contribution < -0.4 is 4.74 Å². The second kappa shape index (κ2) is 6.21. The van der Waals surface area contributed by atoms with Crippen LogP contribution in [0.15, 0.2) is 24.3 Å². The van der Waals surface area contributed by atoms with Crippen molar-refractivity contribution in [2.45, 2.75) is 32.4 Å². The van der Waals surface area contributed by atoms with E-state index >= 15 is 0 Å². The molecule has 0 unspecified atom stereocenters. The van der Waals surface area contributed by atoms with E-state index in [9.17, 15) is 0 Å². The maximum absolute atomic E-state index is 5.85.